The van der Waals surface area contributed by atoms with Crippen LogP contribution in [0.25, 0.3) is 21.5 Å². The maximum absolute atomic E-state index is 11.8. The Bertz CT molecular complexity index is 1500. The smallest absolute Gasteiger partial charge is 0.337 e. The predicted molar refractivity (Wildman–Crippen MR) is 133 cm³/mol. The van der Waals surface area contributed by atoms with Crippen molar-refractivity contribution >= 4 is 33.5 Å². The molecule has 0 atom stereocenters. The molecule has 178 valence electrons. The second-order valence-electron chi connectivity index (χ2n) is 7.83. The van der Waals surface area contributed by atoms with Gasteiger partial charge in [-0.05, 0) is 70.1 Å². The Labute approximate surface area is 206 Å². The molecule has 0 aliphatic carbocycles. The van der Waals surface area contributed by atoms with Crippen molar-refractivity contribution in [2.75, 3.05) is 14.2 Å². The zero-order valence-electron chi connectivity index (χ0n) is 19.4. The van der Waals surface area contributed by atoms with Gasteiger partial charge in [0.05, 0.1) is 31.4 Å². The van der Waals surface area contributed by atoms with E-state index in [9.17, 15) is 9.59 Å². The van der Waals surface area contributed by atoms with E-state index in [1.54, 1.807) is 42.5 Å². The molecule has 0 saturated carbocycles. The van der Waals surface area contributed by atoms with E-state index in [4.69, 9.17) is 18.9 Å². The second-order valence-corrected chi connectivity index (χ2v) is 7.83. The number of aromatic nitrogens is 2. The number of carbonyl (C=O) groups is 2. The van der Waals surface area contributed by atoms with E-state index in [0.29, 0.717) is 34.4 Å². The number of hydrogen-bond donors (Lipinski definition) is 0. The fourth-order valence-electron chi connectivity index (χ4n) is 3.74. The minimum atomic E-state index is -0.386. The number of rotatable bonds is 6. The highest BCUT2D eigenvalue weighted by Crippen LogP contribution is 2.29. The monoisotopic (exact) mass is 480 g/mol. The van der Waals surface area contributed by atoms with Crippen molar-refractivity contribution in [2.24, 2.45) is 0 Å². The van der Waals surface area contributed by atoms with Crippen LogP contribution in [0.15, 0.2) is 85.2 Å². The van der Waals surface area contributed by atoms with Gasteiger partial charge in [-0.25, -0.2) is 19.6 Å². The molecule has 5 aromatic rings. The summed E-state index contributed by atoms with van der Waals surface area (Å²) in [7, 11) is 2.70. The number of benzene rings is 4. The van der Waals surface area contributed by atoms with Gasteiger partial charge in [0.1, 0.15) is 17.8 Å². The molecule has 4 aromatic carbocycles. The molecule has 0 radical (unpaired) electrons. The highest BCUT2D eigenvalue weighted by Gasteiger charge is 2.10. The van der Waals surface area contributed by atoms with Crippen molar-refractivity contribution in [2.45, 2.75) is 0 Å². The van der Waals surface area contributed by atoms with Crippen LogP contribution in [0.1, 0.15) is 20.7 Å². The SMILES string of the molecule is COC(=O)c1ccc2cc(Oc3cc(Oc4ccc5cc(C(=O)OC)ccc5c4)ncn3)ccc2c1. The minimum absolute atomic E-state index is 0.314. The van der Waals surface area contributed by atoms with Gasteiger partial charge in [0.25, 0.3) is 0 Å². The molecule has 5 rings (SSSR count). The molecule has 0 unspecified atom stereocenters. The molecule has 36 heavy (non-hydrogen) atoms. The average Bonchev–Trinajstić information content (AvgIpc) is 2.91. The first kappa shape index (κ1) is 22.8. The molecule has 0 fully saturated rings. The van der Waals surface area contributed by atoms with Crippen molar-refractivity contribution < 1.29 is 28.5 Å². The molecule has 0 amide bonds. The Morgan fingerprint density at radius 2 is 0.972 bits per heavy atom. The van der Waals surface area contributed by atoms with Crippen molar-refractivity contribution in [3.05, 3.63) is 96.3 Å². The first-order valence-corrected chi connectivity index (χ1v) is 10.9. The molecule has 0 saturated heterocycles. The molecule has 0 aliphatic heterocycles. The lowest BCUT2D eigenvalue weighted by Crippen LogP contribution is -2.00. The van der Waals surface area contributed by atoms with Crippen LogP contribution in [0.5, 0.6) is 23.3 Å². The van der Waals surface area contributed by atoms with E-state index in [-0.39, 0.29) is 11.9 Å². The first-order chi connectivity index (χ1) is 17.5. The molecular formula is C28H20N2O6. The maximum Gasteiger partial charge on any atom is 0.337 e. The number of ether oxygens (including phenoxy) is 4. The second kappa shape index (κ2) is 9.71. The largest absolute Gasteiger partial charge is 0.465 e. The van der Waals surface area contributed by atoms with Gasteiger partial charge < -0.3 is 18.9 Å². The van der Waals surface area contributed by atoms with Gasteiger partial charge in [-0.3, -0.25) is 0 Å². The summed E-state index contributed by atoms with van der Waals surface area (Å²) in [5.41, 5.74) is 0.961. The van der Waals surface area contributed by atoms with Crippen LogP contribution in [-0.4, -0.2) is 36.1 Å². The quantitative estimate of drug-likeness (QED) is 0.276. The molecule has 0 bridgehead atoms. The number of methoxy groups -OCH3 is 2. The molecule has 0 spiro atoms. The van der Waals surface area contributed by atoms with Crippen LogP contribution in [0.2, 0.25) is 0 Å². The van der Waals surface area contributed by atoms with Crippen LogP contribution in [0.3, 0.4) is 0 Å². The number of esters is 2. The zero-order valence-corrected chi connectivity index (χ0v) is 19.4. The van der Waals surface area contributed by atoms with E-state index in [1.165, 1.54) is 20.5 Å². The van der Waals surface area contributed by atoms with E-state index >= 15 is 0 Å². The van der Waals surface area contributed by atoms with Crippen molar-refractivity contribution in [3.8, 4) is 23.3 Å². The molecule has 8 nitrogen and oxygen atoms in total. The Kier molecular flexibility index (Phi) is 6.15. The lowest BCUT2D eigenvalue weighted by Gasteiger charge is -2.09. The molecular weight excluding hydrogens is 460 g/mol. The van der Waals surface area contributed by atoms with Crippen LogP contribution in [0, 0.1) is 0 Å². The van der Waals surface area contributed by atoms with Gasteiger partial charge in [-0.2, -0.15) is 0 Å². The van der Waals surface area contributed by atoms with E-state index < -0.39 is 0 Å². The number of carbonyl (C=O) groups excluding carboxylic acids is 2. The summed E-state index contributed by atoms with van der Waals surface area (Å²) < 4.78 is 21.4. The Morgan fingerprint density at radius 3 is 1.42 bits per heavy atom. The molecule has 1 aromatic heterocycles. The fraction of sp³-hybridized carbons (Fsp3) is 0.0714. The summed E-state index contributed by atoms with van der Waals surface area (Å²) in [6.07, 6.45) is 1.36. The van der Waals surface area contributed by atoms with Gasteiger partial charge in [0.15, 0.2) is 0 Å². The van der Waals surface area contributed by atoms with Crippen LogP contribution in [-0.2, 0) is 9.47 Å². The summed E-state index contributed by atoms with van der Waals surface area (Å²) >= 11 is 0. The predicted octanol–water partition coefficient (Wildman–Crippen LogP) is 5.94. The third-order valence-electron chi connectivity index (χ3n) is 5.53. The molecule has 8 heteroatoms. The molecule has 0 N–H and O–H groups in total. The summed E-state index contributed by atoms with van der Waals surface area (Å²) in [4.78, 5) is 31.8. The van der Waals surface area contributed by atoms with E-state index in [2.05, 4.69) is 9.97 Å². The number of fused-ring (bicyclic) bond motifs is 2. The third-order valence-corrected chi connectivity index (χ3v) is 5.53. The van der Waals surface area contributed by atoms with Crippen LogP contribution < -0.4 is 9.47 Å². The molecule has 1 heterocycles. The van der Waals surface area contributed by atoms with Crippen LogP contribution in [0.4, 0.5) is 0 Å². The summed E-state index contributed by atoms with van der Waals surface area (Å²) in [5.74, 6) is 1.00. The van der Waals surface area contributed by atoms with E-state index in [0.717, 1.165) is 21.5 Å². The normalized spacial score (nSPS) is 10.7. The summed E-state index contributed by atoms with van der Waals surface area (Å²) in [6.45, 7) is 0. The van der Waals surface area contributed by atoms with Crippen molar-refractivity contribution in [1.29, 1.82) is 0 Å². The van der Waals surface area contributed by atoms with Gasteiger partial charge >= 0.3 is 11.9 Å². The first-order valence-electron chi connectivity index (χ1n) is 10.9. The lowest BCUT2D eigenvalue weighted by molar-refractivity contribution is 0.0592. The highest BCUT2D eigenvalue weighted by atomic mass is 16.5. The zero-order chi connectivity index (χ0) is 25.1. The van der Waals surface area contributed by atoms with Crippen molar-refractivity contribution in [3.63, 3.8) is 0 Å². The third kappa shape index (κ3) is 4.78. The maximum atomic E-state index is 11.8. The fourth-order valence-corrected chi connectivity index (χ4v) is 3.74. The number of hydrogen-bond acceptors (Lipinski definition) is 8. The topological polar surface area (TPSA) is 96.8 Å². The van der Waals surface area contributed by atoms with E-state index in [1.807, 2.05) is 36.4 Å². The van der Waals surface area contributed by atoms with Crippen LogP contribution >= 0.6 is 0 Å². The Balaban J connectivity index is 1.33. The Hall–Kier alpha value is -4.98. The van der Waals surface area contributed by atoms with Gasteiger partial charge in [-0.15, -0.1) is 0 Å². The summed E-state index contributed by atoms with van der Waals surface area (Å²) in [5, 5.41) is 3.56. The number of nitrogens with zero attached hydrogens (tertiary/aromatic N) is 2. The average molecular weight is 480 g/mol. The van der Waals surface area contributed by atoms with Gasteiger partial charge in [0.2, 0.25) is 11.8 Å². The highest BCUT2D eigenvalue weighted by molar-refractivity contribution is 5.96. The molecule has 0 aliphatic rings. The van der Waals surface area contributed by atoms with Gasteiger partial charge in [-0.1, -0.05) is 24.3 Å². The lowest BCUT2D eigenvalue weighted by atomic mass is 10.1. The van der Waals surface area contributed by atoms with Crippen molar-refractivity contribution in [1.82, 2.24) is 9.97 Å². The van der Waals surface area contributed by atoms with Gasteiger partial charge in [0, 0.05) is 0 Å². The summed E-state index contributed by atoms with van der Waals surface area (Å²) in [6, 6.07) is 23.2. The minimum Gasteiger partial charge on any atom is -0.465 e. The standard InChI is InChI=1S/C28H20N2O6/c1-33-27(31)21-5-3-19-13-23(9-7-17(19)11-21)35-25-15-26(30-16-29-25)36-24-10-8-18-12-22(28(32)34-2)6-4-20(18)14-24/h3-16H,1-2H3. The Morgan fingerprint density at radius 1 is 0.556 bits per heavy atom.